The minimum atomic E-state index is -0.680. The predicted octanol–water partition coefficient (Wildman–Crippen LogP) is 3.19. The maximum Gasteiger partial charge on any atom is 0.304 e. The summed E-state index contributed by atoms with van der Waals surface area (Å²) >= 11 is 0. The van der Waals surface area contributed by atoms with Gasteiger partial charge in [0.1, 0.15) is 5.82 Å². The monoisotopic (exact) mass is 345 g/mol. The van der Waals surface area contributed by atoms with Crippen molar-refractivity contribution in [3.63, 3.8) is 0 Å². The van der Waals surface area contributed by atoms with Gasteiger partial charge in [0, 0.05) is 18.8 Å². The molecule has 2 N–H and O–H groups in total. The van der Waals surface area contributed by atoms with Crippen LogP contribution in [0.25, 0.3) is 0 Å². The highest BCUT2D eigenvalue weighted by Crippen LogP contribution is 2.61. The second-order valence-corrected chi connectivity index (χ2v) is 9.07. The third kappa shape index (κ3) is 3.01. The molecule has 4 fully saturated rings. The number of nitrogens with zero attached hydrogens (tertiary/aromatic N) is 2. The van der Waals surface area contributed by atoms with E-state index in [1.165, 1.54) is 44.2 Å². The molecule has 5 nitrogen and oxygen atoms in total. The van der Waals surface area contributed by atoms with Crippen LogP contribution in [0, 0.1) is 37.0 Å². The summed E-state index contributed by atoms with van der Waals surface area (Å²) in [4.78, 5) is 16.2. The summed E-state index contributed by atoms with van der Waals surface area (Å²) in [6.07, 6.45) is 8.06. The Labute approximate surface area is 150 Å². The number of aromatic nitrogens is 2. The quantitative estimate of drug-likeness (QED) is 0.831. The number of carboxylic acids is 1. The second-order valence-electron chi connectivity index (χ2n) is 9.07. The lowest BCUT2D eigenvalue weighted by molar-refractivity contribution is -0.141. The molecule has 0 radical (unpaired) electrons. The third-order valence-electron chi connectivity index (χ3n) is 7.42. The van der Waals surface area contributed by atoms with E-state index in [-0.39, 0.29) is 17.9 Å². The van der Waals surface area contributed by atoms with E-state index < -0.39 is 5.97 Å². The van der Waals surface area contributed by atoms with Crippen molar-refractivity contribution in [2.24, 2.45) is 30.2 Å². The molecule has 1 aromatic heterocycles. The maximum atomic E-state index is 11.6. The van der Waals surface area contributed by atoms with Crippen molar-refractivity contribution in [1.29, 1.82) is 0 Å². The van der Waals surface area contributed by atoms with Crippen LogP contribution in [0.2, 0.25) is 0 Å². The van der Waals surface area contributed by atoms with E-state index in [2.05, 4.69) is 21.8 Å². The summed E-state index contributed by atoms with van der Waals surface area (Å²) in [5, 5.41) is 13.2. The van der Waals surface area contributed by atoms with Gasteiger partial charge < -0.3 is 15.0 Å². The number of imidazole rings is 1. The van der Waals surface area contributed by atoms with Crippen molar-refractivity contribution in [2.45, 2.75) is 71.4 Å². The van der Waals surface area contributed by atoms with E-state index in [1.54, 1.807) is 0 Å². The minimum Gasteiger partial charge on any atom is -0.481 e. The fraction of sp³-hybridized carbons (Fsp3) is 0.800. The Morgan fingerprint density at radius 1 is 1.24 bits per heavy atom. The molecule has 138 valence electrons. The zero-order valence-electron chi connectivity index (χ0n) is 15.7. The maximum absolute atomic E-state index is 11.6. The van der Waals surface area contributed by atoms with E-state index in [0.717, 1.165) is 29.3 Å². The van der Waals surface area contributed by atoms with Gasteiger partial charge in [-0.15, -0.1) is 0 Å². The van der Waals surface area contributed by atoms with Gasteiger partial charge in [0.2, 0.25) is 0 Å². The van der Waals surface area contributed by atoms with Gasteiger partial charge in [-0.1, -0.05) is 0 Å². The normalized spacial score (nSPS) is 34.4. The number of hydrogen-bond donors (Lipinski definition) is 2. The highest BCUT2D eigenvalue weighted by Gasteiger charge is 2.54. The zero-order valence-corrected chi connectivity index (χ0v) is 15.7. The number of hydrogen-bond acceptors (Lipinski definition) is 3. The molecule has 5 rings (SSSR count). The van der Waals surface area contributed by atoms with Crippen LogP contribution in [0.1, 0.15) is 62.2 Å². The standard InChI is InChI=1S/C20H31N3O2/c1-12-13(2)23(3)18(22-12)11-21-17(7-19(24)25)20-8-14-4-15(9-20)6-16(5-14)10-20/h14-17,21H,4-11H2,1-3H3,(H,24,25). The summed E-state index contributed by atoms with van der Waals surface area (Å²) in [5.41, 5.74) is 2.44. The Bertz CT molecular complexity index is 643. The van der Waals surface area contributed by atoms with Crippen LogP contribution >= 0.6 is 0 Å². The van der Waals surface area contributed by atoms with Crippen molar-refractivity contribution >= 4 is 5.97 Å². The van der Waals surface area contributed by atoms with Gasteiger partial charge in [0.05, 0.1) is 18.7 Å². The van der Waals surface area contributed by atoms with Crippen molar-refractivity contribution in [2.75, 3.05) is 0 Å². The lowest BCUT2D eigenvalue weighted by Gasteiger charge is -2.59. The summed E-state index contributed by atoms with van der Waals surface area (Å²) in [7, 11) is 2.04. The average molecular weight is 345 g/mol. The largest absolute Gasteiger partial charge is 0.481 e. The predicted molar refractivity (Wildman–Crippen MR) is 96.2 cm³/mol. The molecule has 4 saturated carbocycles. The fourth-order valence-electron chi connectivity index (χ4n) is 6.44. The lowest BCUT2D eigenvalue weighted by Crippen LogP contribution is -2.56. The molecule has 0 aliphatic heterocycles. The van der Waals surface area contributed by atoms with E-state index in [0.29, 0.717) is 6.54 Å². The molecule has 0 saturated heterocycles. The first-order valence-electron chi connectivity index (χ1n) is 9.80. The molecule has 0 spiro atoms. The number of aliphatic carboxylic acids is 1. The van der Waals surface area contributed by atoms with E-state index in [1.807, 2.05) is 14.0 Å². The minimum absolute atomic E-state index is 0.0655. The highest BCUT2D eigenvalue weighted by molar-refractivity contribution is 5.67. The fourth-order valence-corrected chi connectivity index (χ4v) is 6.44. The van der Waals surface area contributed by atoms with Gasteiger partial charge >= 0.3 is 5.97 Å². The van der Waals surface area contributed by atoms with Crippen molar-refractivity contribution in [3.8, 4) is 0 Å². The molecule has 25 heavy (non-hydrogen) atoms. The molecule has 0 aromatic carbocycles. The topological polar surface area (TPSA) is 67.2 Å². The summed E-state index contributed by atoms with van der Waals surface area (Å²) in [6.45, 7) is 4.77. The van der Waals surface area contributed by atoms with Crippen LogP contribution in [0.4, 0.5) is 0 Å². The number of carbonyl (C=O) groups is 1. The Hall–Kier alpha value is -1.36. The Morgan fingerprint density at radius 2 is 1.80 bits per heavy atom. The Morgan fingerprint density at radius 3 is 2.24 bits per heavy atom. The number of rotatable bonds is 6. The molecule has 5 heteroatoms. The molecular weight excluding hydrogens is 314 g/mol. The molecule has 1 heterocycles. The van der Waals surface area contributed by atoms with Gasteiger partial charge in [0.15, 0.2) is 0 Å². The van der Waals surface area contributed by atoms with Gasteiger partial charge in [-0.05, 0) is 75.5 Å². The molecular formula is C20H31N3O2. The van der Waals surface area contributed by atoms with Gasteiger partial charge in [-0.3, -0.25) is 4.79 Å². The number of aryl methyl sites for hydroxylation is 1. The smallest absolute Gasteiger partial charge is 0.304 e. The molecule has 4 bridgehead atoms. The summed E-state index contributed by atoms with van der Waals surface area (Å²) < 4.78 is 2.12. The van der Waals surface area contributed by atoms with E-state index in [4.69, 9.17) is 0 Å². The third-order valence-corrected chi connectivity index (χ3v) is 7.42. The van der Waals surface area contributed by atoms with Crippen LogP contribution in [0.3, 0.4) is 0 Å². The summed E-state index contributed by atoms with van der Waals surface area (Å²) in [6, 6.07) is 0.0655. The van der Waals surface area contributed by atoms with Crippen molar-refractivity contribution in [1.82, 2.24) is 14.9 Å². The number of carboxylic acid groups (broad SMARTS) is 1. The molecule has 1 unspecified atom stereocenters. The van der Waals surface area contributed by atoms with Crippen LogP contribution in [-0.2, 0) is 18.4 Å². The molecule has 4 aliphatic carbocycles. The lowest BCUT2D eigenvalue weighted by atomic mass is 9.47. The van der Waals surface area contributed by atoms with Crippen LogP contribution < -0.4 is 5.32 Å². The average Bonchev–Trinajstić information content (AvgIpc) is 2.77. The van der Waals surface area contributed by atoms with Crippen molar-refractivity contribution in [3.05, 3.63) is 17.2 Å². The molecule has 1 aromatic rings. The Kier molecular flexibility index (Phi) is 4.18. The highest BCUT2D eigenvalue weighted by atomic mass is 16.4. The SMILES string of the molecule is Cc1nc(CNC(CC(=O)O)C23CC4CC(CC(C4)C2)C3)n(C)c1C. The second kappa shape index (κ2) is 6.11. The van der Waals surface area contributed by atoms with E-state index in [9.17, 15) is 9.90 Å². The zero-order chi connectivity index (χ0) is 17.8. The van der Waals surface area contributed by atoms with E-state index >= 15 is 0 Å². The molecule has 1 atom stereocenters. The molecule has 4 aliphatic rings. The first-order chi connectivity index (χ1) is 11.9. The first-order valence-corrected chi connectivity index (χ1v) is 9.80. The number of nitrogens with one attached hydrogen (secondary N) is 1. The van der Waals surface area contributed by atoms with Crippen LogP contribution in [0.15, 0.2) is 0 Å². The van der Waals surface area contributed by atoms with Crippen LogP contribution in [-0.4, -0.2) is 26.7 Å². The van der Waals surface area contributed by atoms with Gasteiger partial charge in [-0.2, -0.15) is 0 Å². The van der Waals surface area contributed by atoms with Gasteiger partial charge in [0.25, 0.3) is 0 Å². The van der Waals surface area contributed by atoms with Crippen molar-refractivity contribution < 1.29 is 9.90 Å². The first kappa shape index (κ1) is 17.1. The Balaban J connectivity index is 1.54. The van der Waals surface area contributed by atoms with Gasteiger partial charge in [-0.25, -0.2) is 4.98 Å². The summed E-state index contributed by atoms with van der Waals surface area (Å²) in [5.74, 6) is 2.83. The molecule has 0 amide bonds. The van der Waals surface area contributed by atoms with Crippen LogP contribution in [0.5, 0.6) is 0 Å².